The maximum absolute atomic E-state index is 7.75. The number of aliphatic hydroxyl groups is 3. The van der Waals surface area contributed by atoms with Crippen molar-refractivity contribution < 1.29 is 15.3 Å². The van der Waals surface area contributed by atoms with Crippen molar-refractivity contribution in [3.05, 3.63) is 0 Å². The maximum Gasteiger partial charge on any atom is 0.0553 e. The molecule has 0 radical (unpaired) electrons. The van der Waals surface area contributed by atoms with E-state index in [1.807, 2.05) is 0 Å². The van der Waals surface area contributed by atoms with Gasteiger partial charge in [-0.2, -0.15) is 0 Å². The average molecular weight is 242 g/mol. The topological polar surface area (TPSA) is 165 Å². The van der Waals surface area contributed by atoms with E-state index >= 15 is 0 Å². The fourth-order valence-corrected chi connectivity index (χ4v) is 0. The number of hydrogen-bond donors (Lipinski definition) is 7. The molecule has 0 fully saturated rings. The Bertz CT molecular complexity index is 46.7. The molecule has 11 N–H and O–H groups in total. The highest BCUT2D eigenvalue weighted by molar-refractivity contribution is 4.19. The van der Waals surface area contributed by atoms with Gasteiger partial charge >= 0.3 is 0 Å². The van der Waals surface area contributed by atoms with E-state index in [0.29, 0.717) is 19.6 Å². The second-order valence-corrected chi connectivity index (χ2v) is 2.33. The lowest BCUT2D eigenvalue weighted by Gasteiger charge is -1.71. The lowest BCUT2D eigenvalue weighted by atomic mass is 10.5. The molecule has 0 atom stereocenters. The van der Waals surface area contributed by atoms with Crippen LogP contribution in [0.4, 0.5) is 0 Å². The quantitative estimate of drug-likeness (QED) is 0.279. The van der Waals surface area contributed by atoms with E-state index in [4.69, 9.17) is 38.3 Å². The molecule has 0 heterocycles. The Kier molecular flexibility index (Phi) is 72.1. The lowest BCUT2D eigenvalue weighted by molar-refractivity contribution is 0.306. The molecule has 104 valence electrons. The van der Waals surface area contributed by atoms with Crippen molar-refractivity contribution in [1.82, 2.24) is 0 Å². The second-order valence-electron chi connectivity index (χ2n) is 2.33. The summed E-state index contributed by atoms with van der Waals surface area (Å²) in [4.78, 5) is 0. The zero-order valence-corrected chi connectivity index (χ0v) is 10.3. The average Bonchev–Trinajstić information content (AvgIpc) is 2.39. The fraction of sp³-hybridized carbons (Fsp3) is 1.00. The van der Waals surface area contributed by atoms with Crippen LogP contribution in [0.1, 0.15) is 13.3 Å². The summed E-state index contributed by atoms with van der Waals surface area (Å²) in [6, 6.07) is 0. The van der Waals surface area contributed by atoms with Crippen LogP contribution < -0.4 is 22.9 Å². The fourth-order valence-electron chi connectivity index (χ4n) is 0. The number of rotatable bonds is 4. The number of nitrogens with two attached hydrogens (primary N) is 4. The first-order chi connectivity index (χ1) is 7.66. The summed E-state index contributed by atoms with van der Waals surface area (Å²) >= 11 is 0. The highest BCUT2D eigenvalue weighted by atomic mass is 16.3. The van der Waals surface area contributed by atoms with Gasteiger partial charge in [0.2, 0.25) is 0 Å². The van der Waals surface area contributed by atoms with Crippen LogP contribution in [-0.2, 0) is 0 Å². The molecule has 7 nitrogen and oxygen atoms in total. The van der Waals surface area contributed by atoms with Gasteiger partial charge < -0.3 is 38.3 Å². The Hall–Kier alpha value is -0.280. The smallest absolute Gasteiger partial charge is 0.0553 e. The van der Waals surface area contributed by atoms with Crippen molar-refractivity contribution >= 4 is 0 Å². The van der Waals surface area contributed by atoms with Crippen LogP contribution in [0.5, 0.6) is 0 Å². The van der Waals surface area contributed by atoms with Crippen LogP contribution in [0, 0.1) is 0 Å². The summed E-state index contributed by atoms with van der Waals surface area (Å²) in [5, 5.41) is 23.2. The van der Waals surface area contributed by atoms with E-state index in [2.05, 4.69) is 6.92 Å². The first kappa shape index (κ1) is 24.8. The van der Waals surface area contributed by atoms with Crippen LogP contribution in [0.3, 0.4) is 0 Å². The molecule has 0 unspecified atom stereocenters. The Morgan fingerprint density at radius 3 is 0.750 bits per heavy atom. The normalized spacial score (nSPS) is 7.50. The van der Waals surface area contributed by atoms with Crippen LogP contribution in [0.25, 0.3) is 0 Å². The second kappa shape index (κ2) is 46.5. The van der Waals surface area contributed by atoms with Crippen molar-refractivity contribution in [3.63, 3.8) is 0 Å². The van der Waals surface area contributed by atoms with Gasteiger partial charge in [0, 0.05) is 19.6 Å². The van der Waals surface area contributed by atoms with E-state index in [1.54, 1.807) is 0 Å². The zero-order chi connectivity index (χ0) is 13.7. The van der Waals surface area contributed by atoms with Gasteiger partial charge in [-0.1, -0.05) is 6.92 Å². The van der Waals surface area contributed by atoms with Gasteiger partial charge in [0.1, 0.15) is 0 Å². The van der Waals surface area contributed by atoms with Gasteiger partial charge in [-0.05, 0) is 13.0 Å². The molecular formula is C9H30N4O3. The minimum atomic E-state index is 0.0972. The molecule has 0 saturated heterocycles. The van der Waals surface area contributed by atoms with Gasteiger partial charge in [0.15, 0.2) is 0 Å². The van der Waals surface area contributed by atoms with Gasteiger partial charge in [-0.3, -0.25) is 0 Å². The first-order valence-electron chi connectivity index (χ1n) is 5.29. The molecule has 7 heteroatoms. The molecule has 16 heavy (non-hydrogen) atoms. The molecule has 0 aromatic rings. The standard InChI is InChI=1S/C3H9N.3C2H7NO/c1-2-3-4;3*3-1-2-4/h2-4H2,1H3;3*4H,1-3H2. The third kappa shape index (κ3) is 160. The first-order valence-corrected chi connectivity index (χ1v) is 5.29. The Balaban J connectivity index is -0.0000000600. The number of aliphatic hydroxyl groups excluding tert-OH is 3. The molecule has 0 saturated carbocycles. The van der Waals surface area contributed by atoms with Crippen LogP contribution in [-0.4, -0.2) is 61.3 Å². The van der Waals surface area contributed by atoms with E-state index in [-0.39, 0.29) is 19.8 Å². The molecule has 0 amide bonds. The largest absolute Gasteiger partial charge is 0.395 e. The molecule has 0 aliphatic carbocycles. The predicted octanol–water partition coefficient (Wildman–Crippen LogP) is -2.83. The summed E-state index contributed by atoms with van der Waals surface area (Å²) in [6.07, 6.45) is 1.10. The van der Waals surface area contributed by atoms with Crippen molar-refractivity contribution in [3.8, 4) is 0 Å². The van der Waals surface area contributed by atoms with Crippen molar-refractivity contribution in [2.75, 3.05) is 46.0 Å². The molecule has 0 aliphatic heterocycles. The third-order valence-electron chi connectivity index (χ3n) is 0.676. The van der Waals surface area contributed by atoms with Gasteiger partial charge in [0.25, 0.3) is 0 Å². The Morgan fingerprint density at radius 2 is 0.750 bits per heavy atom. The molecular weight excluding hydrogens is 212 g/mol. The minimum absolute atomic E-state index is 0.0972. The maximum atomic E-state index is 7.75. The van der Waals surface area contributed by atoms with Gasteiger partial charge in [-0.15, -0.1) is 0 Å². The van der Waals surface area contributed by atoms with Crippen molar-refractivity contribution in [1.29, 1.82) is 0 Å². The van der Waals surface area contributed by atoms with Gasteiger partial charge in [-0.25, -0.2) is 0 Å². The van der Waals surface area contributed by atoms with Crippen molar-refractivity contribution in [2.24, 2.45) is 22.9 Å². The number of hydrogen-bond acceptors (Lipinski definition) is 7. The lowest BCUT2D eigenvalue weighted by Crippen LogP contribution is -2.02. The van der Waals surface area contributed by atoms with E-state index in [1.165, 1.54) is 0 Å². The van der Waals surface area contributed by atoms with E-state index in [0.717, 1.165) is 13.0 Å². The summed E-state index contributed by atoms with van der Waals surface area (Å²) in [5.74, 6) is 0. The van der Waals surface area contributed by atoms with Crippen LogP contribution in [0.2, 0.25) is 0 Å². The minimum Gasteiger partial charge on any atom is -0.395 e. The zero-order valence-electron chi connectivity index (χ0n) is 10.3. The van der Waals surface area contributed by atoms with E-state index in [9.17, 15) is 0 Å². The monoisotopic (exact) mass is 242 g/mol. The highest BCUT2D eigenvalue weighted by Crippen LogP contribution is 1.57. The molecule has 0 aromatic carbocycles. The summed E-state index contributed by atoms with van der Waals surface area (Å²) < 4.78 is 0. The summed E-state index contributed by atoms with van der Waals surface area (Å²) in [5.41, 5.74) is 19.4. The van der Waals surface area contributed by atoms with Crippen LogP contribution >= 0.6 is 0 Å². The molecule has 0 rings (SSSR count). The highest BCUT2D eigenvalue weighted by Gasteiger charge is 1.57. The molecule has 0 spiro atoms. The van der Waals surface area contributed by atoms with Gasteiger partial charge in [0.05, 0.1) is 19.8 Å². The summed E-state index contributed by atoms with van der Waals surface area (Å²) in [7, 11) is 0. The van der Waals surface area contributed by atoms with Crippen molar-refractivity contribution in [2.45, 2.75) is 13.3 Å². The van der Waals surface area contributed by atoms with Crippen LogP contribution in [0.15, 0.2) is 0 Å². The molecule has 0 aliphatic rings. The Labute approximate surface area is 98.4 Å². The van der Waals surface area contributed by atoms with E-state index < -0.39 is 0 Å². The molecule has 0 aromatic heterocycles. The predicted molar refractivity (Wildman–Crippen MR) is 67.8 cm³/mol. The molecule has 0 bridgehead atoms. The Morgan fingerprint density at radius 1 is 0.625 bits per heavy atom. The SMILES string of the molecule is CCCN.NCCO.NCCO.NCCO. The summed E-state index contributed by atoms with van der Waals surface area (Å²) in [6.45, 7) is 4.29. The third-order valence-corrected chi connectivity index (χ3v) is 0.676.